The van der Waals surface area contributed by atoms with Crippen LogP contribution >= 0.6 is 0 Å². The van der Waals surface area contributed by atoms with Crippen LogP contribution in [0.5, 0.6) is 5.75 Å². The van der Waals surface area contributed by atoms with E-state index < -0.39 is 17.3 Å². The number of amides is 1. The summed E-state index contributed by atoms with van der Waals surface area (Å²) in [5, 5.41) is 10.7. The SMILES string of the molecule is CCOC(=O)c1nc(N2CCCCCCCCCCCCCCCCCCCCCCCCCCCCCCCCCCCCCCCCCCCCCCCCC3(CCN(C(C)=O)C3)CC2)n(C)c(=O)c1O. The third-order valence-electron chi connectivity index (χ3n) is 17.2. The first-order valence-electron chi connectivity index (χ1n) is 32.3. The first-order chi connectivity index (χ1) is 35.8. The van der Waals surface area contributed by atoms with Crippen molar-refractivity contribution >= 4 is 17.8 Å². The number of likely N-dealkylation sites (tertiary alicyclic amines) is 1. The Morgan fingerprint density at radius 3 is 1.07 bits per heavy atom. The Balaban J connectivity index is 1.47. The fourth-order valence-electron chi connectivity index (χ4n) is 12.2. The molecule has 424 valence electrons. The van der Waals surface area contributed by atoms with Crippen LogP contribution in [0, 0.1) is 5.41 Å². The molecule has 1 atom stereocenters. The number of carbonyl (C=O) groups is 2. The van der Waals surface area contributed by atoms with E-state index in [1.54, 1.807) is 20.9 Å². The molecule has 9 heteroatoms. The molecule has 2 aliphatic heterocycles. The quantitative estimate of drug-likeness (QED) is 0.301. The summed E-state index contributed by atoms with van der Waals surface area (Å²) in [4.78, 5) is 47.7. The molecule has 0 aliphatic carbocycles. The summed E-state index contributed by atoms with van der Waals surface area (Å²) in [5.41, 5.74) is -0.944. The molecule has 73 heavy (non-hydrogen) atoms. The molecule has 0 saturated carbocycles. The van der Waals surface area contributed by atoms with Gasteiger partial charge < -0.3 is 19.6 Å². The minimum Gasteiger partial charge on any atom is -0.501 e. The first kappa shape index (κ1) is 64.7. The average molecular weight is 1020 g/mol. The number of aromatic hydroxyl groups is 1. The molecule has 2 fully saturated rings. The predicted octanol–water partition coefficient (Wildman–Crippen LogP) is 18.4. The number of esters is 1. The van der Waals surface area contributed by atoms with Gasteiger partial charge in [0.2, 0.25) is 17.6 Å². The highest BCUT2D eigenvalue weighted by Gasteiger charge is 2.39. The molecular formula is C64H118N4O5. The van der Waals surface area contributed by atoms with Crippen molar-refractivity contribution in [2.45, 2.75) is 328 Å². The number of rotatable bonds is 3. The van der Waals surface area contributed by atoms with E-state index in [-0.39, 0.29) is 23.6 Å². The van der Waals surface area contributed by atoms with E-state index in [2.05, 4.69) is 9.88 Å². The number of hydrogen-bond acceptors (Lipinski definition) is 7. The molecular weight excluding hydrogens is 905 g/mol. The summed E-state index contributed by atoms with van der Waals surface area (Å²) in [6.45, 7) is 6.46. The van der Waals surface area contributed by atoms with Crippen LogP contribution in [0.15, 0.2) is 4.79 Å². The van der Waals surface area contributed by atoms with Gasteiger partial charge in [0.15, 0.2) is 5.69 Å². The fourth-order valence-corrected chi connectivity index (χ4v) is 12.2. The largest absolute Gasteiger partial charge is 0.501 e. The van der Waals surface area contributed by atoms with Crippen LogP contribution in [0.4, 0.5) is 5.95 Å². The van der Waals surface area contributed by atoms with Crippen LogP contribution in [-0.2, 0) is 16.6 Å². The lowest BCUT2D eigenvalue weighted by Crippen LogP contribution is -2.38. The minimum absolute atomic E-state index is 0.00526. The van der Waals surface area contributed by atoms with Crippen molar-refractivity contribution in [1.29, 1.82) is 0 Å². The van der Waals surface area contributed by atoms with Gasteiger partial charge in [0, 0.05) is 40.2 Å². The smallest absolute Gasteiger partial charge is 0.361 e. The van der Waals surface area contributed by atoms with Crippen LogP contribution in [0.1, 0.15) is 339 Å². The topological polar surface area (TPSA) is 105 Å². The standard InChI is InChI=1S/C64H118N4O5/c1-4-73-62(72)59-60(70)61(71)66(3)63(65-59)67-54-50-48-46-44-42-40-38-36-34-32-30-28-26-24-22-20-18-16-14-12-10-8-6-5-7-9-11-13-15-17-19-21-23-25-27-29-31-33-35-37-39-41-43-45-47-49-51-64(52-55-67)53-56-68(57-64)58(2)69/h70H,4-57H2,1-3H3. The second-order valence-electron chi connectivity index (χ2n) is 23.6. The lowest BCUT2D eigenvalue weighted by molar-refractivity contribution is -0.128. The Morgan fingerprint density at radius 1 is 0.466 bits per heavy atom. The fraction of sp³-hybridized carbons (Fsp3) is 0.906. The Morgan fingerprint density at radius 2 is 0.767 bits per heavy atom. The second-order valence-corrected chi connectivity index (χ2v) is 23.6. The van der Waals surface area contributed by atoms with Gasteiger partial charge in [0.05, 0.1) is 6.61 Å². The number of aromatic nitrogens is 2. The summed E-state index contributed by atoms with van der Waals surface area (Å²) >= 11 is 0. The molecule has 3 rings (SSSR count). The summed E-state index contributed by atoms with van der Waals surface area (Å²) in [7, 11) is 1.63. The van der Waals surface area contributed by atoms with Crippen molar-refractivity contribution < 1.29 is 19.4 Å². The van der Waals surface area contributed by atoms with E-state index in [1.165, 1.54) is 281 Å². The zero-order valence-corrected chi connectivity index (χ0v) is 48.6. The third-order valence-corrected chi connectivity index (χ3v) is 17.2. The normalized spacial score (nSPS) is 23.4. The number of ether oxygens (including phenoxy) is 1. The van der Waals surface area contributed by atoms with E-state index >= 15 is 0 Å². The van der Waals surface area contributed by atoms with Crippen molar-refractivity contribution in [2.75, 3.05) is 37.7 Å². The highest BCUT2D eigenvalue weighted by atomic mass is 16.5. The van der Waals surface area contributed by atoms with E-state index in [0.29, 0.717) is 19.0 Å². The van der Waals surface area contributed by atoms with Crippen LogP contribution in [0.25, 0.3) is 0 Å². The molecule has 1 N–H and O–H groups in total. The van der Waals surface area contributed by atoms with E-state index in [4.69, 9.17) is 4.74 Å². The molecule has 0 bridgehead atoms. The monoisotopic (exact) mass is 1020 g/mol. The Kier molecular flexibility index (Phi) is 38.6. The highest BCUT2D eigenvalue weighted by Crippen LogP contribution is 2.40. The van der Waals surface area contributed by atoms with E-state index in [1.807, 2.05) is 4.90 Å². The van der Waals surface area contributed by atoms with Gasteiger partial charge in [0.25, 0.3) is 5.56 Å². The number of carbonyl (C=O) groups excluding carboxylic acids is 2. The van der Waals surface area contributed by atoms with Gasteiger partial charge in [-0.05, 0) is 38.0 Å². The van der Waals surface area contributed by atoms with Gasteiger partial charge in [-0.2, -0.15) is 0 Å². The Bertz CT molecular complexity index is 1560. The molecule has 1 unspecified atom stereocenters. The van der Waals surface area contributed by atoms with Crippen molar-refractivity contribution in [3.63, 3.8) is 0 Å². The van der Waals surface area contributed by atoms with E-state index in [0.717, 1.165) is 51.6 Å². The summed E-state index contributed by atoms with van der Waals surface area (Å²) in [6, 6.07) is 0. The Hall–Kier alpha value is -2.58. The molecule has 1 amide bonds. The van der Waals surface area contributed by atoms with Gasteiger partial charge in [-0.25, -0.2) is 9.78 Å². The number of anilines is 1. The van der Waals surface area contributed by atoms with Gasteiger partial charge in [0.1, 0.15) is 0 Å². The molecule has 9 nitrogen and oxygen atoms in total. The molecule has 1 aromatic rings. The summed E-state index contributed by atoms with van der Waals surface area (Å²) in [6.07, 6.45) is 66.5. The van der Waals surface area contributed by atoms with Crippen molar-refractivity contribution in [3.05, 3.63) is 16.0 Å². The molecule has 3 heterocycles. The van der Waals surface area contributed by atoms with Crippen LogP contribution in [0.2, 0.25) is 0 Å². The maximum Gasteiger partial charge on any atom is 0.361 e. The maximum atomic E-state index is 13.3. The molecule has 2 saturated heterocycles. The van der Waals surface area contributed by atoms with Gasteiger partial charge in [-0.3, -0.25) is 14.2 Å². The average Bonchev–Trinajstić information content (AvgIpc) is 3.82. The zero-order chi connectivity index (χ0) is 52.3. The number of hydrogen-bond donors (Lipinski definition) is 1. The molecule has 1 spiro atoms. The van der Waals surface area contributed by atoms with Crippen molar-refractivity contribution in [3.8, 4) is 5.75 Å². The van der Waals surface area contributed by atoms with Crippen molar-refractivity contribution in [2.24, 2.45) is 12.5 Å². The summed E-state index contributed by atoms with van der Waals surface area (Å²) < 4.78 is 6.60. The molecule has 1 aromatic heterocycles. The predicted molar refractivity (Wildman–Crippen MR) is 310 cm³/mol. The van der Waals surface area contributed by atoms with E-state index in [9.17, 15) is 19.5 Å². The second kappa shape index (κ2) is 43.5. The van der Waals surface area contributed by atoms with Crippen LogP contribution in [-0.4, -0.2) is 64.2 Å². The van der Waals surface area contributed by atoms with Gasteiger partial charge in [-0.15, -0.1) is 0 Å². The van der Waals surface area contributed by atoms with Crippen LogP contribution < -0.4 is 10.5 Å². The van der Waals surface area contributed by atoms with Crippen LogP contribution in [0.3, 0.4) is 0 Å². The maximum absolute atomic E-state index is 13.3. The lowest BCUT2D eigenvalue weighted by Gasteiger charge is -2.33. The van der Waals surface area contributed by atoms with Crippen molar-refractivity contribution in [1.82, 2.24) is 14.5 Å². The van der Waals surface area contributed by atoms with Gasteiger partial charge in [-0.1, -0.05) is 289 Å². The number of nitrogens with zero attached hydrogens (tertiary/aromatic N) is 4. The molecule has 2 aliphatic rings. The molecule has 0 radical (unpaired) electrons. The minimum atomic E-state index is -0.779. The lowest BCUT2D eigenvalue weighted by atomic mass is 9.78. The third kappa shape index (κ3) is 30.7. The first-order valence-corrected chi connectivity index (χ1v) is 32.3. The Labute approximate surface area is 450 Å². The highest BCUT2D eigenvalue weighted by molar-refractivity contribution is 5.90. The van der Waals surface area contributed by atoms with Gasteiger partial charge >= 0.3 is 5.97 Å². The molecule has 0 aromatic carbocycles. The summed E-state index contributed by atoms with van der Waals surface area (Å²) in [5.74, 6) is -0.897. The zero-order valence-electron chi connectivity index (χ0n) is 48.6.